The fourth-order valence-corrected chi connectivity index (χ4v) is 6.00. The molecule has 0 aliphatic carbocycles. The number of anilines is 1. The SMILES string of the molecule is C=CCn1c(COc2ccc(Cl)cc2C)nnc1SCC(=O)Nc1ccc(-c2nc3ccc(C)cc3s2)cc1. The highest BCUT2D eigenvalue weighted by molar-refractivity contribution is 7.99. The first kappa shape index (κ1) is 26.9. The summed E-state index contributed by atoms with van der Waals surface area (Å²) in [5, 5.41) is 13.7. The monoisotopic (exact) mass is 575 g/mol. The van der Waals surface area contributed by atoms with Gasteiger partial charge in [-0.15, -0.1) is 28.1 Å². The lowest BCUT2D eigenvalue weighted by atomic mass is 10.2. The molecule has 0 fully saturated rings. The van der Waals surface area contributed by atoms with Crippen LogP contribution in [0.25, 0.3) is 20.8 Å². The zero-order valence-electron chi connectivity index (χ0n) is 21.5. The third kappa shape index (κ3) is 6.50. The zero-order valence-corrected chi connectivity index (χ0v) is 23.9. The molecule has 0 saturated heterocycles. The van der Waals surface area contributed by atoms with Crippen LogP contribution in [0.2, 0.25) is 5.02 Å². The van der Waals surface area contributed by atoms with Gasteiger partial charge in [-0.1, -0.05) is 35.5 Å². The molecule has 2 aromatic heterocycles. The Labute approximate surface area is 239 Å². The van der Waals surface area contributed by atoms with Crippen LogP contribution in [0.4, 0.5) is 5.69 Å². The van der Waals surface area contributed by atoms with Crippen molar-refractivity contribution in [2.75, 3.05) is 11.1 Å². The van der Waals surface area contributed by atoms with Crippen molar-refractivity contribution in [3.63, 3.8) is 0 Å². The Morgan fingerprint density at radius 3 is 2.72 bits per heavy atom. The topological polar surface area (TPSA) is 81.9 Å². The van der Waals surface area contributed by atoms with Crippen LogP contribution in [0.5, 0.6) is 5.75 Å². The standard InChI is InChI=1S/C29H26ClN5O2S2/c1-4-13-35-26(16-37-24-12-8-21(30)15-19(24)3)33-34-29(35)38-17-27(36)31-22-9-6-20(7-10-22)28-32-23-11-5-18(2)14-25(23)39-28/h4-12,14-15H,1,13,16-17H2,2-3H3,(H,31,36). The number of allylic oxidation sites excluding steroid dienone is 1. The Morgan fingerprint density at radius 1 is 1.13 bits per heavy atom. The van der Waals surface area contributed by atoms with Crippen LogP contribution in [0.1, 0.15) is 17.0 Å². The van der Waals surface area contributed by atoms with Crippen LogP contribution < -0.4 is 10.1 Å². The number of nitrogens with zero attached hydrogens (tertiary/aromatic N) is 4. The maximum Gasteiger partial charge on any atom is 0.234 e. The average molecular weight is 576 g/mol. The van der Waals surface area contributed by atoms with Crippen molar-refractivity contribution in [2.45, 2.75) is 32.2 Å². The lowest BCUT2D eigenvalue weighted by Crippen LogP contribution is -2.15. The van der Waals surface area contributed by atoms with Crippen molar-refractivity contribution >= 4 is 56.5 Å². The molecule has 10 heteroatoms. The first-order valence-electron chi connectivity index (χ1n) is 12.2. The van der Waals surface area contributed by atoms with E-state index in [4.69, 9.17) is 21.3 Å². The Balaban J connectivity index is 1.19. The molecular weight excluding hydrogens is 550 g/mol. The molecule has 39 heavy (non-hydrogen) atoms. The van der Waals surface area contributed by atoms with Crippen LogP contribution in [0.3, 0.4) is 0 Å². The summed E-state index contributed by atoms with van der Waals surface area (Å²) in [4.78, 5) is 17.4. The molecule has 0 atom stereocenters. The molecule has 5 aromatic rings. The van der Waals surface area contributed by atoms with Gasteiger partial charge in [0, 0.05) is 22.8 Å². The van der Waals surface area contributed by atoms with Crippen LogP contribution >= 0.6 is 34.7 Å². The van der Waals surface area contributed by atoms with Crippen molar-refractivity contribution < 1.29 is 9.53 Å². The summed E-state index contributed by atoms with van der Waals surface area (Å²) in [6, 6.07) is 19.5. The number of nitrogens with one attached hydrogen (secondary N) is 1. The molecule has 1 N–H and O–H groups in total. The van der Waals surface area contributed by atoms with Gasteiger partial charge < -0.3 is 10.1 Å². The second-order valence-electron chi connectivity index (χ2n) is 8.90. The summed E-state index contributed by atoms with van der Waals surface area (Å²) in [6.45, 7) is 8.58. The van der Waals surface area contributed by atoms with Gasteiger partial charge in [-0.05, 0) is 79.6 Å². The van der Waals surface area contributed by atoms with Gasteiger partial charge in [0.05, 0.1) is 16.0 Å². The van der Waals surface area contributed by atoms with Crippen LogP contribution in [-0.4, -0.2) is 31.4 Å². The number of ether oxygens (including phenoxy) is 1. The molecule has 0 aliphatic heterocycles. The van der Waals surface area contributed by atoms with E-state index in [0.717, 1.165) is 33.1 Å². The second kappa shape index (κ2) is 12.0. The number of thioether (sulfide) groups is 1. The van der Waals surface area contributed by atoms with Gasteiger partial charge in [-0.3, -0.25) is 9.36 Å². The van der Waals surface area contributed by atoms with Gasteiger partial charge in [0.1, 0.15) is 17.4 Å². The maximum absolute atomic E-state index is 12.7. The molecule has 1 amide bonds. The molecule has 0 aliphatic rings. The number of aromatic nitrogens is 4. The number of aryl methyl sites for hydroxylation is 2. The van der Waals surface area contributed by atoms with Crippen LogP contribution in [-0.2, 0) is 17.9 Å². The maximum atomic E-state index is 12.7. The molecule has 0 saturated carbocycles. The molecule has 0 spiro atoms. The lowest BCUT2D eigenvalue weighted by Gasteiger charge is -2.11. The predicted molar refractivity (Wildman–Crippen MR) is 160 cm³/mol. The molecule has 0 unspecified atom stereocenters. The Morgan fingerprint density at radius 2 is 1.95 bits per heavy atom. The summed E-state index contributed by atoms with van der Waals surface area (Å²) in [7, 11) is 0. The highest BCUT2D eigenvalue weighted by Gasteiger charge is 2.15. The minimum absolute atomic E-state index is 0.133. The van der Waals surface area contributed by atoms with Gasteiger partial charge >= 0.3 is 0 Å². The molecule has 5 rings (SSSR count). The van der Waals surface area contributed by atoms with Crippen molar-refractivity contribution in [1.82, 2.24) is 19.7 Å². The number of fused-ring (bicyclic) bond motifs is 1. The van der Waals surface area contributed by atoms with E-state index in [0.29, 0.717) is 22.5 Å². The van der Waals surface area contributed by atoms with E-state index < -0.39 is 0 Å². The van der Waals surface area contributed by atoms with Crippen molar-refractivity contribution in [3.8, 4) is 16.3 Å². The smallest absolute Gasteiger partial charge is 0.234 e. The Kier molecular flexibility index (Phi) is 8.30. The molecule has 3 aromatic carbocycles. The van der Waals surface area contributed by atoms with Crippen molar-refractivity contribution in [1.29, 1.82) is 0 Å². The van der Waals surface area contributed by atoms with Gasteiger partial charge in [0.15, 0.2) is 11.0 Å². The molecule has 2 heterocycles. The average Bonchev–Trinajstić information content (AvgIpc) is 3.51. The van der Waals surface area contributed by atoms with Crippen molar-refractivity contribution in [3.05, 3.63) is 95.3 Å². The van der Waals surface area contributed by atoms with Gasteiger partial charge in [-0.25, -0.2) is 4.98 Å². The number of hydrogen-bond donors (Lipinski definition) is 1. The fraction of sp³-hybridized carbons (Fsp3) is 0.172. The number of hydrogen-bond acceptors (Lipinski definition) is 7. The summed E-state index contributed by atoms with van der Waals surface area (Å²) in [6.07, 6.45) is 1.76. The van der Waals surface area contributed by atoms with Gasteiger partial charge in [0.25, 0.3) is 0 Å². The van der Waals surface area contributed by atoms with Crippen LogP contribution in [0, 0.1) is 13.8 Å². The Bertz CT molecular complexity index is 1650. The number of amides is 1. The third-order valence-electron chi connectivity index (χ3n) is 5.89. The quantitative estimate of drug-likeness (QED) is 0.139. The van der Waals surface area contributed by atoms with E-state index in [9.17, 15) is 4.79 Å². The number of benzene rings is 3. The molecular formula is C29H26ClN5O2S2. The number of rotatable bonds is 10. The highest BCUT2D eigenvalue weighted by Crippen LogP contribution is 2.31. The van der Waals surface area contributed by atoms with E-state index in [1.807, 2.05) is 54.0 Å². The number of carbonyl (C=O) groups excluding carboxylic acids is 1. The van der Waals surface area contributed by atoms with Crippen molar-refractivity contribution in [2.24, 2.45) is 0 Å². The first-order chi connectivity index (χ1) is 18.9. The normalized spacial score (nSPS) is 11.1. The molecule has 198 valence electrons. The fourth-order valence-electron chi connectivity index (χ4n) is 3.94. The summed E-state index contributed by atoms with van der Waals surface area (Å²) < 4.78 is 9.00. The summed E-state index contributed by atoms with van der Waals surface area (Å²) >= 11 is 9.01. The van der Waals surface area contributed by atoms with E-state index in [1.165, 1.54) is 22.0 Å². The lowest BCUT2D eigenvalue weighted by molar-refractivity contribution is -0.113. The summed E-state index contributed by atoms with van der Waals surface area (Å²) in [5.41, 5.74) is 4.89. The Hall–Kier alpha value is -3.66. The number of halogens is 1. The second-order valence-corrected chi connectivity index (χ2v) is 11.3. The largest absolute Gasteiger partial charge is 0.485 e. The number of thiazole rings is 1. The van der Waals surface area contributed by atoms with E-state index in [1.54, 1.807) is 23.5 Å². The number of carbonyl (C=O) groups is 1. The first-order valence-corrected chi connectivity index (χ1v) is 14.4. The minimum Gasteiger partial charge on any atom is -0.485 e. The van der Waals surface area contributed by atoms with E-state index >= 15 is 0 Å². The highest BCUT2D eigenvalue weighted by atomic mass is 35.5. The summed E-state index contributed by atoms with van der Waals surface area (Å²) in [5.74, 6) is 1.43. The molecule has 0 radical (unpaired) electrons. The van der Waals surface area contributed by atoms with E-state index in [2.05, 4.69) is 41.1 Å². The molecule has 7 nitrogen and oxygen atoms in total. The molecule has 0 bridgehead atoms. The van der Waals surface area contributed by atoms with E-state index in [-0.39, 0.29) is 18.3 Å². The zero-order chi connectivity index (χ0) is 27.4. The van der Waals surface area contributed by atoms with Gasteiger partial charge in [0.2, 0.25) is 5.91 Å². The van der Waals surface area contributed by atoms with Crippen LogP contribution in [0.15, 0.2) is 78.5 Å². The minimum atomic E-state index is -0.133. The van der Waals surface area contributed by atoms with Gasteiger partial charge in [-0.2, -0.15) is 0 Å². The predicted octanol–water partition coefficient (Wildman–Crippen LogP) is 7.32. The third-order valence-corrected chi connectivity index (χ3v) is 8.16.